The Bertz CT molecular complexity index is 132. The Balaban J connectivity index is 3.88. The van der Waals surface area contributed by atoms with Crippen molar-refractivity contribution >= 4 is 27.7 Å². The van der Waals surface area contributed by atoms with Gasteiger partial charge in [-0.25, -0.2) is 0 Å². The molecule has 0 rings (SSSR count). The summed E-state index contributed by atoms with van der Waals surface area (Å²) < 4.78 is 0. The normalized spacial score (nSPS) is 12.7. The summed E-state index contributed by atoms with van der Waals surface area (Å²) in [4.78, 5) is 20.4. The van der Waals surface area contributed by atoms with Gasteiger partial charge in [-0.15, -0.1) is 0 Å². The molecule has 0 spiro atoms. The lowest BCUT2D eigenvalue weighted by Gasteiger charge is -2.07. The smallest absolute Gasteiger partial charge is 0.151 e. The molecule has 52 valence electrons. The summed E-state index contributed by atoms with van der Waals surface area (Å²) in [7, 11) is 0. The van der Waals surface area contributed by atoms with Crippen LogP contribution in [0.15, 0.2) is 0 Å². The number of aliphatic carboxylic acids is 1. The Hall–Kier alpha value is -0.380. The first-order valence-corrected chi connectivity index (χ1v) is 3.51. The lowest BCUT2D eigenvalue weighted by atomic mass is 10.1. The maximum absolute atomic E-state index is 10.5. The molecule has 0 saturated heterocycles. The van der Waals surface area contributed by atoms with Gasteiger partial charge in [-0.1, -0.05) is 22.9 Å². The molecular formula is C5H6BrO3-. The Morgan fingerprint density at radius 1 is 1.67 bits per heavy atom. The van der Waals surface area contributed by atoms with E-state index in [4.69, 9.17) is 0 Å². The summed E-state index contributed by atoms with van der Waals surface area (Å²) in [6.07, 6.45) is 0. The van der Waals surface area contributed by atoms with E-state index in [-0.39, 0.29) is 11.1 Å². The summed E-state index contributed by atoms with van der Waals surface area (Å²) in [6.45, 7) is 1.30. The van der Waals surface area contributed by atoms with Gasteiger partial charge in [0.15, 0.2) is 5.78 Å². The van der Waals surface area contributed by atoms with Crippen molar-refractivity contribution in [3.05, 3.63) is 0 Å². The van der Waals surface area contributed by atoms with Crippen LogP contribution in [0.4, 0.5) is 0 Å². The third-order valence-corrected chi connectivity index (χ3v) is 1.52. The van der Waals surface area contributed by atoms with Crippen LogP contribution in [-0.2, 0) is 9.59 Å². The van der Waals surface area contributed by atoms with Crippen LogP contribution < -0.4 is 5.11 Å². The zero-order valence-electron chi connectivity index (χ0n) is 4.89. The molecule has 9 heavy (non-hydrogen) atoms. The molecule has 0 aliphatic heterocycles. The highest BCUT2D eigenvalue weighted by molar-refractivity contribution is 9.09. The maximum atomic E-state index is 10.5. The third kappa shape index (κ3) is 2.60. The van der Waals surface area contributed by atoms with Crippen molar-refractivity contribution in [2.45, 2.75) is 6.92 Å². The predicted octanol–water partition coefficient (Wildman–Crippen LogP) is -0.664. The SMILES string of the molecule is CC(C(=O)[O-])C(=O)CBr. The minimum absolute atomic E-state index is 0.0716. The number of carboxylic acids is 1. The van der Waals surface area contributed by atoms with Crippen molar-refractivity contribution in [1.82, 2.24) is 0 Å². The van der Waals surface area contributed by atoms with E-state index in [1.54, 1.807) is 0 Å². The van der Waals surface area contributed by atoms with E-state index in [0.29, 0.717) is 0 Å². The van der Waals surface area contributed by atoms with Crippen molar-refractivity contribution in [1.29, 1.82) is 0 Å². The number of halogens is 1. The second kappa shape index (κ2) is 3.61. The molecule has 3 nitrogen and oxygen atoms in total. The molecule has 4 heteroatoms. The summed E-state index contributed by atoms with van der Waals surface area (Å²) >= 11 is 2.84. The number of alkyl halides is 1. The van der Waals surface area contributed by atoms with Gasteiger partial charge in [0.05, 0.1) is 17.2 Å². The van der Waals surface area contributed by atoms with Crippen LogP contribution in [0, 0.1) is 5.92 Å². The Morgan fingerprint density at radius 2 is 2.11 bits per heavy atom. The summed E-state index contributed by atoms with van der Waals surface area (Å²) in [5.74, 6) is -2.68. The van der Waals surface area contributed by atoms with Gasteiger partial charge in [0.2, 0.25) is 0 Å². The average Bonchev–Trinajstić information content (AvgIpc) is 1.84. The molecule has 0 aromatic rings. The Labute approximate surface area is 61.2 Å². The standard InChI is InChI=1S/C5H7BrO3/c1-3(5(8)9)4(7)2-6/h3H,2H2,1H3,(H,8,9)/p-1. The van der Waals surface area contributed by atoms with E-state index >= 15 is 0 Å². The van der Waals surface area contributed by atoms with Crippen LogP contribution in [0.3, 0.4) is 0 Å². The second-order valence-electron chi connectivity index (χ2n) is 1.64. The van der Waals surface area contributed by atoms with Crippen LogP contribution >= 0.6 is 15.9 Å². The van der Waals surface area contributed by atoms with Gasteiger partial charge in [0, 0.05) is 0 Å². The zero-order chi connectivity index (χ0) is 7.44. The monoisotopic (exact) mass is 193 g/mol. The summed E-state index contributed by atoms with van der Waals surface area (Å²) in [5, 5.41) is 10.0. The number of rotatable bonds is 3. The van der Waals surface area contributed by atoms with Crippen LogP contribution in [-0.4, -0.2) is 17.1 Å². The molecular weight excluding hydrogens is 188 g/mol. The minimum Gasteiger partial charge on any atom is -0.549 e. The molecule has 1 unspecified atom stereocenters. The highest BCUT2D eigenvalue weighted by Gasteiger charge is 2.10. The average molecular weight is 194 g/mol. The van der Waals surface area contributed by atoms with E-state index in [9.17, 15) is 14.7 Å². The zero-order valence-corrected chi connectivity index (χ0v) is 6.47. The molecule has 0 aromatic heterocycles. The van der Waals surface area contributed by atoms with Crippen molar-refractivity contribution in [3.8, 4) is 0 Å². The van der Waals surface area contributed by atoms with Crippen LogP contribution in [0.1, 0.15) is 6.92 Å². The van der Waals surface area contributed by atoms with Gasteiger partial charge in [0.1, 0.15) is 0 Å². The highest BCUT2D eigenvalue weighted by atomic mass is 79.9. The van der Waals surface area contributed by atoms with Crippen molar-refractivity contribution < 1.29 is 14.7 Å². The molecule has 0 heterocycles. The molecule has 0 amide bonds. The quantitative estimate of drug-likeness (QED) is 0.442. The number of carboxylic acid groups (broad SMARTS) is 1. The van der Waals surface area contributed by atoms with Gasteiger partial charge in [-0.2, -0.15) is 0 Å². The van der Waals surface area contributed by atoms with E-state index in [2.05, 4.69) is 15.9 Å². The Kier molecular flexibility index (Phi) is 3.46. The number of hydrogen-bond donors (Lipinski definition) is 0. The summed E-state index contributed by atoms with van der Waals surface area (Å²) in [6, 6.07) is 0. The fraction of sp³-hybridized carbons (Fsp3) is 0.600. The van der Waals surface area contributed by atoms with Gasteiger partial charge >= 0.3 is 0 Å². The second-order valence-corrected chi connectivity index (χ2v) is 2.20. The molecule has 0 aliphatic carbocycles. The number of Topliss-reactive ketones (excluding diaryl/α,β-unsaturated/α-hetero) is 1. The summed E-state index contributed by atoms with van der Waals surface area (Å²) in [5.41, 5.74) is 0. The lowest BCUT2D eigenvalue weighted by molar-refractivity contribution is -0.309. The van der Waals surface area contributed by atoms with Gasteiger partial charge in [0.25, 0.3) is 0 Å². The van der Waals surface area contributed by atoms with Crippen LogP contribution in [0.2, 0.25) is 0 Å². The fourth-order valence-corrected chi connectivity index (χ4v) is 0.733. The lowest BCUT2D eigenvalue weighted by Crippen LogP contribution is -2.34. The van der Waals surface area contributed by atoms with E-state index in [1.807, 2.05) is 0 Å². The minimum atomic E-state index is -1.32. The number of hydrogen-bond acceptors (Lipinski definition) is 3. The third-order valence-electron chi connectivity index (χ3n) is 0.968. The van der Waals surface area contributed by atoms with Gasteiger partial charge in [-0.3, -0.25) is 4.79 Å². The van der Waals surface area contributed by atoms with Crippen molar-refractivity contribution in [2.24, 2.45) is 5.92 Å². The van der Waals surface area contributed by atoms with Gasteiger partial charge < -0.3 is 9.90 Å². The maximum Gasteiger partial charge on any atom is 0.151 e. The van der Waals surface area contributed by atoms with E-state index in [0.717, 1.165) is 0 Å². The van der Waals surface area contributed by atoms with Gasteiger partial charge in [-0.05, 0) is 0 Å². The first-order valence-electron chi connectivity index (χ1n) is 2.39. The molecule has 0 bridgehead atoms. The first kappa shape index (κ1) is 8.62. The largest absolute Gasteiger partial charge is 0.549 e. The fourth-order valence-electron chi connectivity index (χ4n) is 0.247. The topological polar surface area (TPSA) is 57.2 Å². The number of carbonyl (C=O) groups excluding carboxylic acids is 2. The first-order chi connectivity index (χ1) is 4.09. The van der Waals surface area contributed by atoms with E-state index < -0.39 is 11.9 Å². The molecule has 1 atom stereocenters. The van der Waals surface area contributed by atoms with E-state index in [1.165, 1.54) is 6.92 Å². The molecule has 0 N–H and O–H groups in total. The molecule has 0 aliphatic rings. The molecule has 0 saturated carbocycles. The van der Waals surface area contributed by atoms with Crippen molar-refractivity contribution in [3.63, 3.8) is 0 Å². The highest BCUT2D eigenvalue weighted by Crippen LogP contribution is 1.97. The number of ketones is 1. The van der Waals surface area contributed by atoms with Crippen LogP contribution in [0.5, 0.6) is 0 Å². The van der Waals surface area contributed by atoms with Crippen molar-refractivity contribution in [2.75, 3.05) is 5.33 Å². The van der Waals surface area contributed by atoms with Crippen LogP contribution in [0.25, 0.3) is 0 Å². The number of carbonyl (C=O) groups is 2. The molecule has 0 fully saturated rings. The Morgan fingerprint density at radius 3 is 2.22 bits per heavy atom. The molecule has 0 radical (unpaired) electrons. The predicted molar refractivity (Wildman–Crippen MR) is 33.0 cm³/mol. The molecule has 0 aromatic carbocycles.